The quantitative estimate of drug-likeness (QED) is 0.450. The molecule has 1 heterocycles. The summed E-state index contributed by atoms with van der Waals surface area (Å²) in [7, 11) is 1.60. The molecule has 0 saturated heterocycles. The predicted octanol–water partition coefficient (Wildman–Crippen LogP) is 1.08. The Morgan fingerprint density at radius 3 is 2.95 bits per heavy atom. The standard InChI is InChI=1S/C14H16N4O4/c1-22-6-5-15-9-11-8-13(16-17-14(11)19)10-3-2-4-12(7-10)18(20)21/h2-4,7-8,15H,5-6,9H2,1H3,(H,17,19). The molecule has 1 aromatic carbocycles. The second-order valence-electron chi connectivity index (χ2n) is 4.58. The molecular weight excluding hydrogens is 288 g/mol. The van der Waals surface area contributed by atoms with E-state index in [0.29, 0.717) is 36.5 Å². The summed E-state index contributed by atoms with van der Waals surface area (Å²) in [6.45, 7) is 1.52. The van der Waals surface area contributed by atoms with Crippen LogP contribution >= 0.6 is 0 Å². The lowest BCUT2D eigenvalue weighted by Crippen LogP contribution is -2.24. The number of hydrogen-bond donors (Lipinski definition) is 2. The zero-order valence-electron chi connectivity index (χ0n) is 12.0. The monoisotopic (exact) mass is 304 g/mol. The molecule has 0 spiro atoms. The van der Waals surface area contributed by atoms with Crippen LogP contribution in [0.25, 0.3) is 11.3 Å². The van der Waals surface area contributed by atoms with Gasteiger partial charge in [0.1, 0.15) is 0 Å². The minimum Gasteiger partial charge on any atom is -0.383 e. The first-order valence-electron chi connectivity index (χ1n) is 6.65. The summed E-state index contributed by atoms with van der Waals surface area (Å²) in [5.41, 5.74) is 1.24. The number of aromatic amines is 1. The van der Waals surface area contributed by atoms with Gasteiger partial charge in [-0.25, -0.2) is 5.10 Å². The molecule has 2 N–H and O–H groups in total. The molecule has 0 saturated carbocycles. The molecule has 8 nitrogen and oxygen atoms in total. The van der Waals surface area contributed by atoms with Crippen LogP contribution in [-0.4, -0.2) is 35.4 Å². The van der Waals surface area contributed by atoms with E-state index in [1.165, 1.54) is 12.1 Å². The zero-order chi connectivity index (χ0) is 15.9. The fraction of sp³-hybridized carbons (Fsp3) is 0.286. The van der Waals surface area contributed by atoms with Gasteiger partial charge in [-0.3, -0.25) is 14.9 Å². The van der Waals surface area contributed by atoms with Gasteiger partial charge < -0.3 is 10.1 Å². The topological polar surface area (TPSA) is 110 Å². The van der Waals surface area contributed by atoms with Crippen molar-refractivity contribution >= 4 is 5.69 Å². The molecule has 22 heavy (non-hydrogen) atoms. The van der Waals surface area contributed by atoms with Gasteiger partial charge >= 0.3 is 0 Å². The van der Waals surface area contributed by atoms with Crippen molar-refractivity contribution in [1.29, 1.82) is 0 Å². The molecule has 0 radical (unpaired) electrons. The third-order valence-corrected chi connectivity index (χ3v) is 3.03. The van der Waals surface area contributed by atoms with Crippen LogP contribution < -0.4 is 10.9 Å². The summed E-state index contributed by atoms with van der Waals surface area (Å²) in [5, 5.41) is 20.2. The van der Waals surface area contributed by atoms with E-state index in [1.807, 2.05) is 0 Å². The van der Waals surface area contributed by atoms with Gasteiger partial charge in [0.2, 0.25) is 0 Å². The zero-order valence-corrected chi connectivity index (χ0v) is 12.0. The van der Waals surface area contributed by atoms with Crippen molar-refractivity contribution in [1.82, 2.24) is 15.5 Å². The van der Waals surface area contributed by atoms with Crippen molar-refractivity contribution in [3.05, 3.63) is 56.4 Å². The van der Waals surface area contributed by atoms with Crippen molar-refractivity contribution in [2.24, 2.45) is 0 Å². The molecule has 0 aliphatic carbocycles. The Balaban J connectivity index is 2.23. The molecule has 2 aromatic rings. The van der Waals surface area contributed by atoms with E-state index in [4.69, 9.17) is 4.74 Å². The van der Waals surface area contributed by atoms with Gasteiger partial charge in [0.05, 0.1) is 17.2 Å². The highest BCUT2D eigenvalue weighted by Crippen LogP contribution is 2.21. The third kappa shape index (κ3) is 3.96. The smallest absolute Gasteiger partial charge is 0.270 e. The van der Waals surface area contributed by atoms with Crippen LogP contribution in [0.3, 0.4) is 0 Å². The van der Waals surface area contributed by atoms with Gasteiger partial charge in [-0.05, 0) is 6.07 Å². The van der Waals surface area contributed by atoms with Gasteiger partial charge in [0.15, 0.2) is 0 Å². The number of H-pyrrole nitrogens is 1. The van der Waals surface area contributed by atoms with Crippen LogP contribution in [0.1, 0.15) is 5.56 Å². The summed E-state index contributed by atoms with van der Waals surface area (Å²) < 4.78 is 4.91. The summed E-state index contributed by atoms with van der Waals surface area (Å²) in [6.07, 6.45) is 0. The number of benzene rings is 1. The highest BCUT2D eigenvalue weighted by Gasteiger charge is 2.10. The van der Waals surface area contributed by atoms with Crippen LogP contribution in [0.4, 0.5) is 5.69 Å². The molecule has 0 atom stereocenters. The first kappa shape index (κ1) is 15.8. The lowest BCUT2D eigenvalue weighted by Gasteiger charge is -2.05. The summed E-state index contributed by atoms with van der Waals surface area (Å²) in [6, 6.07) is 7.73. The van der Waals surface area contributed by atoms with Gasteiger partial charge in [-0.15, -0.1) is 0 Å². The van der Waals surface area contributed by atoms with Crippen molar-refractivity contribution in [2.45, 2.75) is 6.54 Å². The van der Waals surface area contributed by atoms with Crippen LogP contribution in [-0.2, 0) is 11.3 Å². The van der Waals surface area contributed by atoms with Crippen LogP contribution in [0.5, 0.6) is 0 Å². The van der Waals surface area contributed by atoms with E-state index >= 15 is 0 Å². The van der Waals surface area contributed by atoms with E-state index in [9.17, 15) is 14.9 Å². The number of non-ortho nitro benzene ring substituents is 1. The maximum atomic E-state index is 11.7. The number of nitrogens with zero attached hydrogens (tertiary/aromatic N) is 2. The molecular formula is C14H16N4O4. The summed E-state index contributed by atoms with van der Waals surface area (Å²) >= 11 is 0. The molecule has 116 valence electrons. The fourth-order valence-electron chi connectivity index (χ4n) is 1.90. The van der Waals surface area contributed by atoms with Gasteiger partial charge in [0, 0.05) is 43.5 Å². The van der Waals surface area contributed by atoms with E-state index in [0.717, 1.165) is 0 Å². The lowest BCUT2D eigenvalue weighted by molar-refractivity contribution is -0.384. The minimum atomic E-state index is -0.470. The molecule has 1 aromatic heterocycles. The number of ether oxygens (including phenoxy) is 1. The summed E-state index contributed by atoms with van der Waals surface area (Å²) in [5.74, 6) is 0. The largest absolute Gasteiger partial charge is 0.383 e. The molecule has 0 bridgehead atoms. The van der Waals surface area contributed by atoms with Gasteiger partial charge in [-0.2, -0.15) is 5.10 Å². The van der Waals surface area contributed by atoms with Crippen molar-refractivity contribution in [2.75, 3.05) is 20.3 Å². The Morgan fingerprint density at radius 1 is 1.41 bits per heavy atom. The highest BCUT2D eigenvalue weighted by atomic mass is 16.6. The lowest BCUT2D eigenvalue weighted by atomic mass is 10.1. The second kappa shape index (κ2) is 7.43. The number of hydrogen-bond acceptors (Lipinski definition) is 6. The average molecular weight is 304 g/mol. The number of aromatic nitrogens is 2. The molecule has 8 heteroatoms. The minimum absolute atomic E-state index is 0.0229. The van der Waals surface area contributed by atoms with Crippen LogP contribution in [0.2, 0.25) is 0 Å². The summed E-state index contributed by atoms with van der Waals surface area (Å²) in [4.78, 5) is 22.1. The highest BCUT2D eigenvalue weighted by molar-refractivity contribution is 5.62. The number of methoxy groups -OCH3 is 1. The molecule has 0 fully saturated rings. The SMILES string of the molecule is COCCNCc1cc(-c2cccc([N+](=O)[O-])c2)n[nH]c1=O. The Bertz CT molecular complexity index is 714. The maximum absolute atomic E-state index is 11.7. The van der Waals surface area contributed by atoms with Crippen LogP contribution in [0, 0.1) is 10.1 Å². The Hall–Kier alpha value is -2.58. The van der Waals surface area contributed by atoms with Crippen LogP contribution in [0.15, 0.2) is 35.1 Å². The number of nitro groups is 1. The molecule has 0 unspecified atom stereocenters. The van der Waals surface area contributed by atoms with E-state index in [2.05, 4.69) is 15.5 Å². The van der Waals surface area contributed by atoms with Crippen molar-refractivity contribution < 1.29 is 9.66 Å². The van der Waals surface area contributed by atoms with Gasteiger partial charge in [-0.1, -0.05) is 12.1 Å². The number of nitrogens with one attached hydrogen (secondary N) is 2. The molecule has 0 aliphatic heterocycles. The molecule has 0 aliphatic rings. The Morgan fingerprint density at radius 2 is 2.23 bits per heavy atom. The molecule has 2 rings (SSSR count). The predicted molar refractivity (Wildman–Crippen MR) is 80.5 cm³/mol. The third-order valence-electron chi connectivity index (χ3n) is 3.03. The number of rotatable bonds is 7. The molecule has 0 amide bonds. The maximum Gasteiger partial charge on any atom is 0.270 e. The first-order valence-corrected chi connectivity index (χ1v) is 6.65. The Labute approximate surface area is 126 Å². The normalized spacial score (nSPS) is 10.6. The fourth-order valence-corrected chi connectivity index (χ4v) is 1.90. The van der Waals surface area contributed by atoms with Crippen molar-refractivity contribution in [3.8, 4) is 11.3 Å². The average Bonchev–Trinajstić information content (AvgIpc) is 2.53. The first-order chi connectivity index (χ1) is 10.6. The second-order valence-corrected chi connectivity index (χ2v) is 4.58. The van der Waals surface area contributed by atoms with Crippen molar-refractivity contribution in [3.63, 3.8) is 0 Å². The van der Waals surface area contributed by atoms with E-state index in [1.54, 1.807) is 25.3 Å². The number of nitro benzene ring substituents is 1. The van der Waals surface area contributed by atoms with E-state index < -0.39 is 4.92 Å². The van der Waals surface area contributed by atoms with Gasteiger partial charge in [0.25, 0.3) is 11.2 Å². The van der Waals surface area contributed by atoms with E-state index in [-0.39, 0.29) is 11.2 Å². The Kier molecular flexibility index (Phi) is 5.34.